The molecule has 0 amide bonds. The monoisotopic (exact) mass is 239 g/mol. The first-order chi connectivity index (χ1) is 7.66. The highest BCUT2D eigenvalue weighted by Gasteiger charge is 2.16. The van der Waals surface area contributed by atoms with Gasteiger partial charge in [-0.15, -0.1) is 0 Å². The highest BCUT2D eigenvalue weighted by atomic mass is 35.5. The molecule has 1 fully saturated rings. The van der Waals surface area contributed by atoms with Crippen molar-refractivity contribution in [2.24, 2.45) is 0 Å². The summed E-state index contributed by atoms with van der Waals surface area (Å²) in [5, 5.41) is 12.6. The molecule has 0 saturated heterocycles. The van der Waals surface area contributed by atoms with Crippen molar-refractivity contribution >= 4 is 23.3 Å². The fourth-order valence-corrected chi connectivity index (χ4v) is 2.29. The van der Waals surface area contributed by atoms with Crippen LogP contribution in [-0.4, -0.2) is 17.1 Å². The molecule has 0 bridgehead atoms. The van der Waals surface area contributed by atoms with Crippen molar-refractivity contribution in [1.82, 2.24) is 0 Å². The van der Waals surface area contributed by atoms with Crippen LogP contribution in [0.2, 0.25) is 5.02 Å². The average Bonchev–Trinajstić information content (AvgIpc) is 2.73. The van der Waals surface area contributed by atoms with Crippen LogP contribution >= 0.6 is 11.6 Å². The number of carboxylic acids is 1. The zero-order valence-corrected chi connectivity index (χ0v) is 9.63. The molecular weight excluding hydrogens is 226 g/mol. The number of hydrogen-bond donors (Lipinski definition) is 2. The Kier molecular flexibility index (Phi) is 3.34. The van der Waals surface area contributed by atoms with Crippen molar-refractivity contribution in [1.29, 1.82) is 0 Å². The number of aromatic carboxylic acids is 1. The van der Waals surface area contributed by atoms with E-state index >= 15 is 0 Å². The minimum absolute atomic E-state index is 0.224. The summed E-state index contributed by atoms with van der Waals surface area (Å²) in [7, 11) is 0. The van der Waals surface area contributed by atoms with Crippen LogP contribution in [0.5, 0.6) is 0 Å². The fourth-order valence-electron chi connectivity index (χ4n) is 2.06. The van der Waals surface area contributed by atoms with Gasteiger partial charge in [-0.2, -0.15) is 0 Å². The number of benzene rings is 1. The lowest BCUT2D eigenvalue weighted by Gasteiger charge is -2.14. The van der Waals surface area contributed by atoms with Gasteiger partial charge < -0.3 is 10.4 Å². The Bertz CT molecular complexity index is 400. The largest absolute Gasteiger partial charge is 0.478 e. The predicted molar refractivity (Wildman–Crippen MR) is 64.3 cm³/mol. The topological polar surface area (TPSA) is 49.3 Å². The molecular formula is C12H14ClNO2. The van der Waals surface area contributed by atoms with E-state index in [1.807, 2.05) is 0 Å². The molecule has 4 heteroatoms. The van der Waals surface area contributed by atoms with Crippen molar-refractivity contribution in [3.63, 3.8) is 0 Å². The molecule has 1 aliphatic rings. The van der Waals surface area contributed by atoms with E-state index in [1.54, 1.807) is 12.1 Å². The summed E-state index contributed by atoms with van der Waals surface area (Å²) in [5.74, 6) is -0.950. The molecule has 0 aromatic heterocycles. The number of halogens is 1. The molecule has 0 aliphatic heterocycles. The molecule has 2 N–H and O–H groups in total. The van der Waals surface area contributed by atoms with Crippen LogP contribution < -0.4 is 5.32 Å². The van der Waals surface area contributed by atoms with Gasteiger partial charge in [0.25, 0.3) is 0 Å². The molecule has 0 spiro atoms. The number of carboxylic acid groups (broad SMARTS) is 1. The lowest BCUT2D eigenvalue weighted by atomic mass is 10.2. The molecule has 1 aliphatic carbocycles. The smallest absolute Gasteiger partial charge is 0.335 e. The summed E-state index contributed by atoms with van der Waals surface area (Å²) in [5.41, 5.74) is 1.06. The Morgan fingerprint density at radius 2 is 2.06 bits per heavy atom. The van der Waals surface area contributed by atoms with E-state index in [2.05, 4.69) is 5.32 Å². The van der Waals surface area contributed by atoms with Crippen LogP contribution in [0.25, 0.3) is 0 Å². The Balaban J connectivity index is 2.12. The fraction of sp³-hybridized carbons (Fsp3) is 0.417. The van der Waals surface area contributed by atoms with E-state index in [0.29, 0.717) is 11.1 Å². The minimum atomic E-state index is -0.950. The van der Waals surface area contributed by atoms with Crippen molar-refractivity contribution in [2.45, 2.75) is 31.7 Å². The van der Waals surface area contributed by atoms with Crippen LogP contribution in [-0.2, 0) is 0 Å². The first kappa shape index (κ1) is 11.3. The van der Waals surface area contributed by atoms with Gasteiger partial charge >= 0.3 is 5.97 Å². The second-order valence-corrected chi connectivity index (χ2v) is 4.53. The van der Waals surface area contributed by atoms with Gasteiger partial charge in [-0.3, -0.25) is 0 Å². The second kappa shape index (κ2) is 4.74. The van der Waals surface area contributed by atoms with Gasteiger partial charge in [-0.25, -0.2) is 4.79 Å². The number of rotatable bonds is 3. The predicted octanol–water partition coefficient (Wildman–Crippen LogP) is 3.39. The third kappa shape index (κ3) is 2.47. The summed E-state index contributed by atoms with van der Waals surface area (Å²) >= 11 is 6.03. The second-order valence-electron chi connectivity index (χ2n) is 4.13. The molecule has 1 saturated carbocycles. The molecule has 0 unspecified atom stereocenters. The van der Waals surface area contributed by atoms with Gasteiger partial charge in [0.05, 0.1) is 16.3 Å². The molecule has 1 aromatic rings. The minimum Gasteiger partial charge on any atom is -0.478 e. The highest BCUT2D eigenvalue weighted by molar-refractivity contribution is 6.33. The van der Waals surface area contributed by atoms with Gasteiger partial charge in [0.2, 0.25) is 0 Å². The highest BCUT2D eigenvalue weighted by Crippen LogP contribution is 2.27. The summed E-state index contributed by atoms with van der Waals surface area (Å²) < 4.78 is 0. The number of anilines is 1. The van der Waals surface area contributed by atoms with Gasteiger partial charge in [0.1, 0.15) is 0 Å². The van der Waals surface area contributed by atoms with Crippen molar-refractivity contribution < 1.29 is 9.90 Å². The van der Waals surface area contributed by atoms with Crippen LogP contribution in [0.3, 0.4) is 0 Å². The number of hydrogen-bond acceptors (Lipinski definition) is 2. The Labute approximate surface area is 99.4 Å². The Morgan fingerprint density at radius 3 is 2.62 bits per heavy atom. The molecule has 2 rings (SSSR count). The summed E-state index contributed by atoms with van der Waals surface area (Å²) in [6.45, 7) is 0. The maximum absolute atomic E-state index is 10.7. The van der Waals surface area contributed by atoms with Crippen molar-refractivity contribution in [3.8, 4) is 0 Å². The third-order valence-corrected chi connectivity index (χ3v) is 3.24. The molecule has 0 atom stereocenters. The zero-order valence-electron chi connectivity index (χ0n) is 8.87. The van der Waals surface area contributed by atoms with E-state index in [4.69, 9.17) is 16.7 Å². The van der Waals surface area contributed by atoms with Crippen LogP contribution in [0, 0.1) is 0 Å². The zero-order chi connectivity index (χ0) is 11.5. The van der Waals surface area contributed by atoms with Gasteiger partial charge in [-0.05, 0) is 31.0 Å². The van der Waals surface area contributed by atoms with E-state index in [1.165, 1.54) is 18.9 Å². The molecule has 3 nitrogen and oxygen atoms in total. The molecule has 16 heavy (non-hydrogen) atoms. The average molecular weight is 240 g/mol. The Hall–Kier alpha value is -1.22. The van der Waals surface area contributed by atoms with E-state index < -0.39 is 5.97 Å². The first-order valence-electron chi connectivity index (χ1n) is 5.46. The normalized spacial score (nSPS) is 16.3. The van der Waals surface area contributed by atoms with Crippen LogP contribution in [0.1, 0.15) is 36.0 Å². The Morgan fingerprint density at radius 1 is 1.38 bits per heavy atom. The van der Waals surface area contributed by atoms with E-state index in [0.717, 1.165) is 18.5 Å². The van der Waals surface area contributed by atoms with Gasteiger partial charge in [-0.1, -0.05) is 24.4 Å². The molecule has 0 radical (unpaired) electrons. The summed E-state index contributed by atoms with van der Waals surface area (Å²) in [6, 6.07) is 5.28. The quantitative estimate of drug-likeness (QED) is 0.850. The van der Waals surface area contributed by atoms with Gasteiger partial charge in [0, 0.05) is 6.04 Å². The van der Waals surface area contributed by atoms with E-state index in [9.17, 15) is 4.79 Å². The van der Waals surface area contributed by atoms with Crippen LogP contribution in [0.15, 0.2) is 18.2 Å². The number of nitrogens with one attached hydrogen (secondary N) is 1. The van der Waals surface area contributed by atoms with Crippen molar-refractivity contribution in [3.05, 3.63) is 28.8 Å². The van der Waals surface area contributed by atoms with Gasteiger partial charge in [0.15, 0.2) is 0 Å². The van der Waals surface area contributed by atoms with Crippen molar-refractivity contribution in [2.75, 3.05) is 5.32 Å². The lowest BCUT2D eigenvalue weighted by Crippen LogP contribution is -2.14. The maximum Gasteiger partial charge on any atom is 0.335 e. The van der Waals surface area contributed by atoms with E-state index in [-0.39, 0.29) is 5.56 Å². The first-order valence-corrected chi connectivity index (χ1v) is 5.84. The molecule has 86 valence electrons. The standard InChI is InChI=1S/C12H14ClNO2/c13-10-7-8(12(15)16)5-6-11(10)14-9-3-1-2-4-9/h5-7,9,14H,1-4H2,(H,15,16). The third-order valence-electron chi connectivity index (χ3n) is 2.93. The lowest BCUT2D eigenvalue weighted by molar-refractivity contribution is 0.0697. The molecule has 0 heterocycles. The number of carbonyl (C=O) groups is 1. The maximum atomic E-state index is 10.7. The summed E-state index contributed by atoms with van der Waals surface area (Å²) in [6.07, 6.45) is 4.83. The SMILES string of the molecule is O=C(O)c1ccc(NC2CCCC2)c(Cl)c1. The molecule has 1 aromatic carbocycles. The van der Waals surface area contributed by atoms with Crippen LogP contribution in [0.4, 0.5) is 5.69 Å². The summed E-state index contributed by atoms with van der Waals surface area (Å²) in [4.78, 5) is 10.7.